The number of amides is 1. The van der Waals surface area contributed by atoms with Crippen LogP contribution in [-0.2, 0) is 4.79 Å². The van der Waals surface area contributed by atoms with Gasteiger partial charge in [0.25, 0.3) is 5.91 Å². The number of hydrogen-bond donors (Lipinski definition) is 2. The number of aromatic hydroxyl groups is 1. The van der Waals surface area contributed by atoms with Crippen LogP contribution < -0.4 is 5.43 Å². The van der Waals surface area contributed by atoms with Gasteiger partial charge in [0.05, 0.1) is 17.7 Å². The molecular weight excluding hydrogens is 390 g/mol. The Bertz CT molecular complexity index is 909. The van der Waals surface area contributed by atoms with Crippen LogP contribution >= 0.6 is 34.7 Å². The molecule has 5 nitrogen and oxygen atoms in total. The van der Waals surface area contributed by atoms with Crippen LogP contribution in [-0.4, -0.2) is 28.0 Å². The Morgan fingerprint density at radius 1 is 1.23 bits per heavy atom. The molecule has 0 radical (unpaired) electrons. The topological polar surface area (TPSA) is 74.6 Å². The molecule has 1 heterocycles. The maximum Gasteiger partial charge on any atom is 0.250 e. The Hall–Kier alpha value is -2.35. The standard InChI is InChI=1S/C18H14ClN3O2S2/c19-14-5-3-13(4-6-14)16-10-25-18(21-16)26-11-17(24)22-20-9-12-1-7-15(23)8-2-12/h1-10,23H,11H2,(H,22,24). The van der Waals surface area contributed by atoms with Gasteiger partial charge in [-0.25, -0.2) is 10.4 Å². The minimum atomic E-state index is -0.215. The number of carbonyl (C=O) groups excluding carboxylic acids is 1. The number of carbonyl (C=O) groups is 1. The van der Waals surface area contributed by atoms with Gasteiger partial charge in [-0.2, -0.15) is 5.10 Å². The zero-order valence-electron chi connectivity index (χ0n) is 13.4. The highest BCUT2D eigenvalue weighted by atomic mass is 35.5. The van der Waals surface area contributed by atoms with E-state index in [0.717, 1.165) is 21.2 Å². The SMILES string of the molecule is O=C(CSc1nc(-c2ccc(Cl)cc2)cs1)NN=Cc1ccc(O)cc1. The van der Waals surface area contributed by atoms with Gasteiger partial charge in [0.15, 0.2) is 4.34 Å². The van der Waals surface area contributed by atoms with Crippen molar-refractivity contribution in [3.8, 4) is 17.0 Å². The Balaban J connectivity index is 1.48. The minimum absolute atomic E-state index is 0.184. The first-order chi connectivity index (χ1) is 12.6. The third-order valence-corrected chi connectivity index (χ3v) is 5.52. The first-order valence-electron chi connectivity index (χ1n) is 7.55. The van der Waals surface area contributed by atoms with Crippen LogP contribution in [0.5, 0.6) is 5.75 Å². The molecule has 0 fully saturated rings. The molecule has 2 N–H and O–H groups in total. The van der Waals surface area contributed by atoms with Crippen LogP contribution in [0.15, 0.2) is 63.4 Å². The molecular formula is C18H14ClN3O2S2. The summed E-state index contributed by atoms with van der Waals surface area (Å²) in [4.78, 5) is 16.4. The average Bonchev–Trinajstić information content (AvgIpc) is 3.11. The van der Waals surface area contributed by atoms with Crippen LogP contribution in [0.2, 0.25) is 5.02 Å². The van der Waals surface area contributed by atoms with Crippen molar-refractivity contribution in [3.63, 3.8) is 0 Å². The molecule has 2 aromatic carbocycles. The number of thiazole rings is 1. The molecule has 3 rings (SSSR count). The molecule has 0 saturated carbocycles. The summed E-state index contributed by atoms with van der Waals surface area (Å²) in [5.41, 5.74) is 5.10. The normalized spacial score (nSPS) is 11.0. The van der Waals surface area contributed by atoms with Crippen molar-refractivity contribution >= 4 is 46.8 Å². The first-order valence-corrected chi connectivity index (χ1v) is 9.80. The summed E-state index contributed by atoms with van der Waals surface area (Å²) in [6, 6.07) is 14.0. The van der Waals surface area contributed by atoms with Crippen LogP contribution in [0, 0.1) is 0 Å². The van der Waals surface area contributed by atoms with Gasteiger partial charge in [-0.1, -0.05) is 35.5 Å². The summed E-state index contributed by atoms with van der Waals surface area (Å²) >= 11 is 8.73. The molecule has 8 heteroatoms. The largest absolute Gasteiger partial charge is 0.508 e. The van der Waals surface area contributed by atoms with Crippen molar-refractivity contribution in [2.24, 2.45) is 5.10 Å². The molecule has 0 aliphatic rings. The van der Waals surface area contributed by atoms with E-state index in [2.05, 4.69) is 15.5 Å². The van der Waals surface area contributed by atoms with Gasteiger partial charge >= 0.3 is 0 Å². The molecule has 0 unspecified atom stereocenters. The molecule has 3 aromatic rings. The van der Waals surface area contributed by atoms with Crippen molar-refractivity contribution in [3.05, 3.63) is 64.5 Å². The lowest BCUT2D eigenvalue weighted by Crippen LogP contribution is -2.19. The van der Waals surface area contributed by atoms with Crippen LogP contribution in [0.4, 0.5) is 0 Å². The number of aromatic nitrogens is 1. The number of nitrogens with one attached hydrogen (secondary N) is 1. The molecule has 0 aliphatic carbocycles. The van der Waals surface area contributed by atoms with Crippen molar-refractivity contribution < 1.29 is 9.90 Å². The summed E-state index contributed by atoms with van der Waals surface area (Å²) in [6.07, 6.45) is 1.52. The zero-order chi connectivity index (χ0) is 18.4. The molecule has 26 heavy (non-hydrogen) atoms. The number of phenols is 1. The van der Waals surface area contributed by atoms with Crippen LogP contribution in [0.3, 0.4) is 0 Å². The molecule has 1 aromatic heterocycles. The predicted octanol–water partition coefficient (Wildman–Crippen LogP) is 4.41. The first kappa shape index (κ1) is 18.4. The molecule has 0 bridgehead atoms. The minimum Gasteiger partial charge on any atom is -0.508 e. The number of hydrazone groups is 1. The summed E-state index contributed by atoms with van der Waals surface area (Å²) in [6.45, 7) is 0. The van der Waals surface area contributed by atoms with E-state index in [1.54, 1.807) is 24.3 Å². The van der Waals surface area contributed by atoms with E-state index < -0.39 is 0 Å². The van der Waals surface area contributed by atoms with E-state index in [4.69, 9.17) is 11.6 Å². The Kier molecular flexibility index (Phi) is 6.27. The Morgan fingerprint density at radius 2 is 1.96 bits per heavy atom. The van der Waals surface area contributed by atoms with Crippen molar-refractivity contribution in [1.29, 1.82) is 0 Å². The third kappa shape index (κ3) is 5.32. The molecule has 0 atom stereocenters. The predicted molar refractivity (Wildman–Crippen MR) is 107 cm³/mol. The number of phenolic OH excluding ortho intramolecular Hbond substituents is 1. The van der Waals surface area contributed by atoms with E-state index in [9.17, 15) is 9.90 Å². The van der Waals surface area contributed by atoms with Crippen LogP contribution in [0.25, 0.3) is 11.3 Å². The van der Waals surface area contributed by atoms with E-state index >= 15 is 0 Å². The van der Waals surface area contributed by atoms with E-state index in [-0.39, 0.29) is 17.4 Å². The van der Waals surface area contributed by atoms with Gasteiger partial charge in [-0.15, -0.1) is 11.3 Å². The van der Waals surface area contributed by atoms with E-state index in [0.29, 0.717) is 5.02 Å². The lowest BCUT2D eigenvalue weighted by atomic mass is 10.2. The number of nitrogens with zero attached hydrogens (tertiary/aromatic N) is 2. The lowest BCUT2D eigenvalue weighted by Gasteiger charge is -1.98. The van der Waals surface area contributed by atoms with Crippen molar-refractivity contribution in [1.82, 2.24) is 10.4 Å². The number of benzene rings is 2. The smallest absolute Gasteiger partial charge is 0.250 e. The summed E-state index contributed by atoms with van der Waals surface area (Å²) in [5.74, 6) is 0.192. The quantitative estimate of drug-likeness (QED) is 0.363. The fraction of sp³-hybridized carbons (Fsp3) is 0.0556. The number of halogens is 1. The number of hydrogen-bond acceptors (Lipinski definition) is 6. The van der Waals surface area contributed by atoms with Crippen LogP contribution in [0.1, 0.15) is 5.56 Å². The van der Waals surface area contributed by atoms with Gasteiger partial charge in [-0.05, 0) is 42.0 Å². The van der Waals surface area contributed by atoms with E-state index in [1.165, 1.54) is 29.3 Å². The molecule has 0 aliphatic heterocycles. The van der Waals surface area contributed by atoms with Crippen molar-refractivity contribution in [2.75, 3.05) is 5.75 Å². The maximum atomic E-state index is 11.9. The molecule has 1 amide bonds. The second-order valence-corrected chi connectivity index (χ2v) is 7.70. The molecule has 0 saturated heterocycles. The van der Waals surface area contributed by atoms with E-state index in [1.807, 2.05) is 29.6 Å². The highest BCUT2D eigenvalue weighted by Crippen LogP contribution is 2.28. The molecule has 132 valence electrons. The number of thioether (sulfide) groups is 1. The maximum absolute atomic E-state index is 11.9. The highest BCUT2D eigenvalue weighted by molar-refractivity contribution is 8.01. The summed E-state index contributed by atoms with van der Waals surface area (Å²) < 4.78 is 0.813. The monoisotopic (exact) mass is 403 g/mol. The fourth-order valence-corrected chi connectivity index (χ4v) is 3.73. The van der Waals surface area contributed by atoms with Crippen molar-refractivity contribution in [2.45, 2.75) is 4.34 Å². The second kappa shape index (κ2) is 8.84. The number of rotatable bonds is 6. The van der Waals surface area contributed by atoms with Gasteiger partial charge in [0, 0.05) is 16.0 Å². The van der Waals surface area contributed by atoms with Gasteiger partial charge < -0.3 is 5.11 Å². The zero-order valence-corrected chi connectivity index (χ0v) is 15.8. The Morgan fingerprint density at radius 3 is 2.69 bits per heavy atom. The molecule has 0 spiro atoms. The fourth-order valence-electron chi connectivity index (χ4n) is 1.98. The summed E-state index contributed by atoms with van der Waals surface area (Å²) in [7, 11) is 0. The second-order valence-electron chi connectivity index (χ2n) is 5.18. The lowest BCUT2D eigenvalue weighted by molar-refractivity contribution is -0.118. The third-order valence-electron chi connectivity index (χ3n) is 3.25. The van der Waals surface area contributed by atoms with Gasteiger partial charge in [-0.3, -0.25) is 4.79 Å². The highest BCUT2D eigenvalue weighted by Gasteiger charge is 2.07. The summed E-state index contributed by atoms with van der Waals surface area (Å²) in [5, 5.41) is 15.7. The Labute approximate surface area is 163 Å². The van der Waals surface area contributed by atoms with Gasteiger partial charge in [0.1, 0.15) is 5.75 Å². The van der Waals surface area contributed by atoms with Gasteiger partial charge in [0.2, 0.25) is 0 Å². The average molecular weight is 404 g/mol.